The number of carbonyl (C=O) groups is 2. The van der Waals surface area contributed by atoms with E-state index < -0.39 is 29.8 Å². The molecule has 2 atom stereocenters. The van der Waals surface area contributed by atoms with Crippen LogP contribution in [0, 0.1) is 5.82 Å². The highest BCUT2D eigenvalue weighted by molar-refractivity contribution is 5.95. The van der Waals surface area contributed by atoms with Crippen LogP contribution >= 0.6 is 0 Å². The summed E-state index contributed by atoms with van der Waals surface area (Å²) in [7, 11) is 1.57. The van der Waals surface area contributed by atoms with Gasteiger partial charge in [-0.15, -0.1) is 0 Å². The lowest BCUT2D eigenvalue weighted by Crippen LogP contribution is -2.48. The SMILES string of the molecule is COCCCNC(=O)c1ccc(Cc2cc(C(=O)N[C@H]3CCOC[C@@H]3O)nc3ccoc23)cc1F. The number of ether oxygens (including phenoxy) is 2. The third-order valence-corrected chi connectivity index (χ3v) is 5.85. The smallest absolute Gasteiger partial charge is 0.270 e. The van der Waals surface area contributed by atoms with Crippen LogP contribution in [-0.4, -0.2) is 67.5 Å². The maximum absolute atomic E-state index is 14.7. The number of rotatable bonds is 9. The molecule has 0 unspecified atom stereocenters. The van der Waals surface area contributed by atoms with Gasteiger partial charge in [-0.3, -0.25) is 9.59 Å². The van der Waals surface area contributed by atoms with Gasteiger partial charge in [-0.05, 0) is 36.6 Å². The first-order valence-corrected chi connectivity index (χ1v) is 11.5. The Bertz CT molecular complexity index is 1200. The van der Waals surface area contributed by atoms with Crippen molar-refractivity contribution >= 4 is 22.9 Å². The number of fused-ring (bicyclic) bond motifs is 1. The van der Waals surface area contributed by atoms with Crippen LogP contribution in [0.15, 0.2) is 41.0 Å². The van der Waals surface area contributed by atoms with Crippen LogP contribution in [0.4, 0.5) is 4.39 Å². The van der Waals surface area contributed by atoms with Gasteiger partial charge in [-0.25, -0.2) is 9.37 Å². The van der Waals surface area contributed by atoms with E-state index in [0.29, 0.717) is 54.8 Å². The standard InChI is InChI=1S/C25H28FN3O6/c1-33-8-2-7-27-24(31)17-4-3-15(12-18(17)26)11-16-13-21(28-20-6-10-35-23(16)20)25(32)29-19-5-9-34-14-22(19)30/h3-4,6,10,12-13,19,22,30H,2,5,7-9,11,14H2,1H3,(H,27,31)(H,29,32)/t19-,22-/m0/s1. The highest BCUT2D eigenvalue weighted by atomic mass is 19.1. The summed E-state index contributed by atoms with van der Waals surface area (Å²) in [5.41, 5.74) is 2.36. The molecule has 0 radical (unpaired) electrons. The van der Waals surface area contributed by atoms with Crippen molar-refractivity contribution in [3.05, 3.63) is 64.8 Å². The zero-order valence-electron chi connectivity index (χ0n) is 19.4. The van der Waals surface area contributed by atoms with Crippen molar-refractivity contribution in [1.29, 1.82) is 0 Å². The number of aliphatic hydroxyl groups excluding tert-OH is 1. The van der Waals surface area contributed by atoms with Crippen LogP contribution in [0.3, 0.4) is 0 Å². The summed E-state index contributed by atoms with van der Waals surface area (Å²) in [6.45, 7) is 1.51. The quantitative estimate of drug-likeness (QED) is 0.397. The number of amides is 2. The molecular weight excluding hydrogens is 457 g/mol. The monoisotopic (exact) mass is 485 g/mol. The number of pyridine rings is 1. The van der Waals surface area contributed by atoms with E-state index in [1.807, 2.05) is 0 Å². The van der Waals surface area contributed by atoms with Crippen molar-refractivity contribution in [2.75, 3.05) is 33.5 Å². The van der Waals surface area contributed by atoms with Crippen molar-refractivity contribution < 1.29 is 33.0 Å². The molecule has 1 aromatic carbocycles. The van der Waals surface area contributed by atoms with E-state index in [2.05, 4.69) is 15.6 Å². The molecule has 1 saturated heterocycles. The predicted molar refractivity (Wildman–Crippen MR) is 125 cm³/mol. The molecule has 4 rings (SSSR count). The van der Waals surface area contributed by atoms with E-state index in [4.69, 9.17) is 13.9 Å². The summed E-state index contributed by atoms with van der Waals surface area (Å²) < 4.78 is 30.4. The second-order valence-corrected chi connectivity index (χ2v) is 8.41. The molecule has 9 nitrogen and oxygen atoms in total. The number of nitrogens with one attached hydrogen (secondary N) is 2. The van der Waals surface area contributed by atoms with Gasteiger partial charge in [0.25, 0.3) is 11.8 Å². The van der Waals surface area contributed by atoms with Crippen molar-refractivity contribution in [2.45, 2.75) is 31.4 Å². The Kier molecular flexibility index (Phi) is 8.06. The summed E-state index contributed by atoms with van der Waals surface area (Å²) in [5.74, 6) is -1.55. The first kappa shape index (κ1) is 24.8. The van der Waals surface area contributed by atoms with Crippen molar-refractivity contribution in [2.24, 2.45) is 0 Å². The Morgan fingerprint density at radius 1 is 1.26 bits per heavy atom. The van der Waals surface area contributed by atoms with Crippen LogP contribution in [0.25, 0.3) is 11.1 Å². The number of nitrogens with zero attached hydrogens (tertiary/aromatic N) is 1. The molecule has 0 spiro atoms. The Balaban J connectivity index is 1.51. The molecule has 0 aliphatic carbocycles. The average Bonchev–Trinajstić information content (AvgIpc) is 3.32. The van der Waals surface area contributed by atoms with Gasteiger partial charge >= 0.3 is 0 Å². The van der Waals surface area contributed by atoms with Crippen molar-refractivity contribution in [3.63, 3.8) is 0 Å². The van der Waals surface area contributed by atoms with Crippen LogP contribution in [-0.2, 0) is 15.9 Å². The minimum atomic E-state index is -0.788. The van der Waals surface area contributed by atoms with Crippen molar-refractivity contribution in [3.8, 4) is 0 Å². The minimum Gasteiger partial charge on any atom is -0.462 e. The van der Waals surface area contributed by atoms with Crippen LogP contribution < -0.4 is 10.6 Å². The Labute approximate surface area is 201 Å². The number of carbonyl (C=O) groups excluding carboxylic acids is 2. The molecule has 35 heavy (non-hydrogen) atoms. The predicted octanol–water partition coefficient (Wildman–Crippen LogP) is 2.20. The van der Waals surface area contributed by atoms with Crippen LogP contribution in [0.2, 0.25) is 0 Å². The fourth-order valence-electron chi connectivity index (χ4n) is 3.99. The molecule has 1 fully saturated rings. The summed E-state index contributed by atoms with van der Waals surface area (Å²) in [6.07, 6.45) is 2.08. The van der Waals surface area contributed by atoms with Gasteiger partial charge in [-0.2, -0.15) is 0 Å². The number of hydrogen-bond donors (Lipinski definition) is 3. The lowest BCUT2D eigenvalue weighted by Gasteiger charge is -2.28. The molecule has 186 valence electrons. The van der Waals surface area contributed by atoms with Gasteiger partial charge in [-0.1, -0.05) is 6.07 Å². The van der Waals surface area contributed by atoms with Crippen molar-refractivity contribution in [1.82, 2.24) is 15.6 Å². The number of methoxy groups -OCH3 is 1. The first-order chi connectivity index (χ1) is 17.0. The normalized spacial score (nSPS) is 17.9. The van der Waals surface area contributed by atoms with E-state index >= 15 is 0 Å². The number of aliphatic hydroxyl groups is 1. The molecule has 2 amide bonds. The highest BCUT2D eigenvalue weighted by Crippen LogP contribution is 2.24. The number of aromatic nitrogens is 1. The topological polar surface area (TPSA) is 123 Å². The molecular formula is C25H28FN3O6. The van der Waals surface area contributed by atoms with Gasteiger partial charge in [0.15, 0.2) is 5.58 Å². The molecule has 2 aromatic heterocycles. The van der Waals surface area contributed by atoms with E-state index in [1.54, 1.807) is 25.3 Å². The number of hydrogen-bond acceptors (Lipinski definition) is 7. The molecule has 3 aromatic rings. The van der Waals surface area contributed by atoms with E-state index in [9.17, 15) is 19.1 Å². The number of furan rings is 1. The molecule has 3 heterocycles. The van der Waals surface area contributed by atoms with Gasteiger partial charge in [0.05, 0.1) is 30.6 Å². The van der Waals surface area contributed by atoms with E-state index in [0.717, 1.165) is 0 Å². The Morgan fingerprint density at radius 2 is 2.11 bits per heavy atom. The number of benzene rings is 1. The second kappa shape index (κ2) is 11.4. The summed E-state index contributed by atoms with van der Waals surface area (Å²) in [5, 5.41) is 15.5. The molecule has 3 N–H and O–H groups in total. The maximum Gasteiger partial charge on any atom is 0.270 e. The Morgan fingerprint density at radius 3 is 2.89 bits per heavy atom. The average molecular weight is 486 g/mol. The second-order valence-electron chi connectivity index (χ2n) is 8.41. The van der Waals surface area contributed by atoms with E-state index in [-0.39, 0.29) is 24.3 Å². The lowest BCUT2D eigenvalue weighted by molar-refractivity contribution is -0.0261. The third-order valence-electron chi connectivity index (χ3n) is 5.85. The van der Waals surface area contributed by atoms with Gasteiger partial charge < -0.3 is 29.6 Å². The maximum atomic E-state index is 14.7. The van der Waals surface area contributed by atoms with Gasteiger partial charge in [0, 0.05) is 44.9 Å². The summed E-state index contributed by atoms with van der Waals surface area (Å²) in [6, 6.07) is 7.23. The van der Waals surface area contributed by atoms with Crippen LogP contribution in [0.1, 0.15) is 44.8 Å². The summed E-state index contributed by atoms with van der Waals surface area (Å²) >= 11 is 0. The van der Waals surface area contributed by atoms with Gasteiger partial charge in [0.1, 0.15) is 17.0 Å². The third kappa shape index (κ3) is 6.02. The van der Waals surface area contributed by atoms with Crippen LogP contribution in [0.5, 0.6) is 0 Å². The largest absolute Gasteiger partial charge is 0.462 e. The zero-order valence-corrected chi connectivity index (χ0v) is 19.4. The zero-order chi connectivity index (χ0) is 24.8. The van der Waals surface area contributed by atoms with E-state index in [1.165, 1.54) is 18.4 Å². The number of halogens is 1. The highest BCUT2D eigenvalue weighted by Gasteiger charge is 2.26. The molecule has 1 aliphatic rings. The fraction of sp³-hybridized carbons (Fsp3) is 0.400. The summed E-state index contributed by atoms with van der Waals surface area (Å²) in [4.78, 5) is 29.5. The lowest BCUT2D eigenvalue weighted by atomic mass is 10.0. The molecule has 10 heteroatoms. The Hall–Kier alpha value is -3.34. The molecule has 1 aliphatic heterocycles. The minimum absolute atomic E-state index is 0.0425. The molecule has 0 saturated carbocycles. The fourth-order valence-corrected chi connectivity index (χ4v) is 3.99. The van der Waals surface area contributed by atoms with Gasteiger partial charge in [0.2, 0.25) is 0 Å². The molecule has 0 bridgehead atoms. The first-order valence-electron chi connectivity index (χ1n) is 11.5.